The third-order valence-corrected chi connectivity index (χ3v) is 3.88. The van der Waals surface area contributed by atoms with Crippen LogP contribution in [0.25, 0.3) is 0 Å². The van der Waals surface area contributed by atoms with Crippen molar-refractivity contribution in [1.82, 2.24) is 9.80 Å². The molecule has 6 heteroatoms. The summed E-state index contributed by atoms with van der Waals surface area (Å²) in [5.41, 5.74) is 5.52. The van der Waals surface area contributed by atoms with E-state index in [4.69, 9.17) is 15.6 Å². The van der Waals surface area contributed by atoms with Gasteiger partial charge in [-0.25, -0.2) is 0 Å². The fourth-order valence-corrected chi connectivity index (χ4v) is 2.70. The van der Waals surface area contributed by atoms with E-state index in [1.54, 1.807) is 0 Å². The molecule has 0 radical (unpaired) electrons. The predicted octanol–water partition coefficient (Wildman–Crippen LogP) is -0.805. The molecule has 2 saturated heterocycles. The van der Waals surface area contributed by atoms with E-state index in [2.05, 4.69) is 9.80 Å². The number of hydrogen-bond donors (Lipinski definition) is 2. The highest BCUT2D eigenvalue weighted by Gasteiger charge is 2.28. The molecule has 0 aromatic rings. The van der Waals surface area contributed by atoms with Crippen molar-refractivity contribution in [3.8, 4) is 0 Å². The maximum Gasteiger partial charge on any atom is 0.320 e. The average Bonchev–Trinajstić information content (AvgIpc) is 2.85. The minimum Gasteiger partial charge on any atom is -0.480 e. The highest BCUT2D eigenvalue weighted by Crippen LogP contribution is 2.17. The summed E-state index contributed by atoms with van der Waals surface area (Å²) < 4.78 is 5.35. The van der Waals surface area contributed by atoms with E-state index in [0.29, 0.717) is 12.5 Å². The molecule has 2 aliphatic rings. The fraction of sp³-hybridized carbons (Fsp3) is 0.917. The van der Waals surface area contributed by atoms with Crippen molar-refractivity contribution in [2.24, 2.45) is 5.73 Å². The first kappa shape index (κ1) is 13.7. The van der Waals surface area contributed by atoms with Crippen molar-refractivity contribution < 1.29 is 14.6 Å². The van der Waals surface area contributed by atoms with Crippen molar-refractivity contribution in [1.29, 1.82) is 0 Å². The zero-order chi connectivity index (χ0) is 13.0. The molecule has 2 aliphatic heterocycles. The van der Waals surface area contributed by atoms with Crippen LogP contribution in [0.15, 0.2) is 0 Å². The maximum absolute atomic E-state index is 10.7. The van der Waals surface area contributed by atoms with Crippen LogP contribution >= 0.6 is 0 Å². The van der Waals surface area contributed by atoms with Gasteiger partial charge < -0.3 is 20.5 Å². The Balaban J connectivity index is 1.69. The van der Waals surface area contributed by atoms with E-state index in [1.165, 1.54) is 6.42 Å². The molecule has 0 aliphatic carbocycles. The van der Waals surface area contributed by atoms with E-state index in [1.807, 2.05) is 0 Å². The number of morpholine rings is 1. The largest absolute Gasteiger partial charge is 0.480 e. The molecule has 2 heterocycles. The lowest BCUT2D eigenvalue weighted by Gasteiger charge is -2.32. The van der Waals surface area contributed by atoms with Crippen molar-refractivity contribution in [2.45, 2.75) is 24.9 Å². The Hall–Kier alpha value is -0.690. The molecule has 2 atom stereocenters. The van der Waals surface area contributed by atoms with Gasteiger partial charge in [0.2, 0.25) is 0 Å². The number of nitrogens with zero attached hydrogens (tertiary/aromatic N) is 2. The van der Waals surface area contributed by atoms with Crippen molar-refractivity contribution in [3.63, 3.8) is 0 Å². The molecule has 0 aromatic heterocycles. The molecule has 18 heavy (non-hydrogen) atoms. The fourth-order valence-electron chi connectivity index (χ4n) is 2.70. The highest BCUT2D eigenvalue weighted by atomic mass is 16.5. The molecule has 0 bridgehead atoms. The zero-order valence-corrected chi connectivity index (χ0v) is 10.8. The van der Waals surface area contributed by atoms with Gasteiger partial charge in [-0.15, -0.1) is 0 Å². The quantitative estimate of drug-likeness (QED) is 0.671. The van der Waals surface area contributed by atoms with Crippen LogP contribution in [0.1, 0.15) is 12.8 Å². The van der Waals surface area contributed by atoms with E-state index >= 15 is 0 Å². The Bertz CT molecular complexity index is 282. The van der Waals surface area contributed by atoms with Gasteiger partial charge in [0.15, 0.2) is 0 Å². The van der Waals surface area contributed by atoms with Gasteiger partial charge in [-0.1, -0.05) is 0 Å². The van der Waals surface area contributed by atoms with E-state index in [0.717, 1.165) is 45.9 Å². The summed E-state index contributed by atoms with van der Waals surface area (Å²) in [5.74, 6) is -0.904. The first-order valence-corrected chi connectivity index (χ1v) is 6.69. The number of nitrogens with two attached hydrogens (primary N) is 1. The van der Waals surface area contributed by atoms with Crippen molar-refractivity contribution >= 4 is 5.97 Å². The first-order chi connectivity index (χ1) is 8.66. The molecule has 2 fully saturated rings. The van der Waals surface area contributed by atoms with Crippen LogP contribution in [0.5, 0.6) is 0 Å². The third-order valence-electron chi connectivity index (χ3n) is 3.88. The minimum absolute atomic E-state index is 0.533. The first-order valence-electron chi connectivity index (χ1n) is 6.69. The lowest BCUT2D eigenvalue weighted by molar-refractivity contribution is -0.138. The van der Waals surface area contributed by atoms with Crippen LogP contribution in [-0.2, 0) is 9.53 Å². The van der Waals surface area contributed by atoms with Gasteiger partial charge in [0.25, 0.3) is 0 Å². The SMILES string of the molecule is NC(CCN1CCC(N2CCOCC2)C1)C(=O)O. The van der Waals surface area contributed by atoms with Gasteiger partial charge in [-0.05, 0) is 19.4 Å². The second kappa shape index (κ2) is 6.47. The lowest BCUT2D eigenvalue weighted by Crippen LogP contribution is -2.45. The number of hydrogen-bond acceptors (Lipinski definition) is 5. The molecule has 104 valence electrons. The van der Waals surface area contributed by atoms with Gasteiger partial charge in [0.05, 0.1) is 13.2 Å². The number of aliphatic carboxylic acids is 1. The number of carboxylic acid groups (broad SMARTS) is 1. The molecule has 0 spiro atoms. The molecule has 3 N–H and O–H groups in total. The lowest BCUT2D eigenvalue weighted by atomic mass is 10.2. The molecule has 0 aromatic carbocycles. The topological polar surface area (TPSA) is 79.0 Å². The summed E-state index contributed by atoms with van der Waals surface area (Å²) in [6.45, 7) is 6.58. The summed E-state index contributed by atoms with van der Waals surface area (Å²) >= 11 is 0. The van der Waals surface area contributed by atoms with Crippen LogP contribution in [0.3, 0.4) is 0 Å². The summed E-state index contributed by atoms with van der Waals surface area (Å²) in [6, 6.07) is -0.123. The Morgan fingerprint density at radius 1 is 1.39 bits per heavy atom. The molecular formula is C12H23N3O3. The van der Waals surface area contributed by atoms with Crippen LogP contribution in [0, 0.1) is 0 Å². The Kier molecular flexibility index (Phi) is 4.94. The predicted molar refractivity (Wildman–Crippen MR) is 67.5 cm³/mol. The van der Waals surface area contributed by atoms with E-state index in [-0.39, 0.29) is 0 Å². The summed E-state index contributed by atoms with van der Waals surface area (Å²) in [4.78, 5) is 15.5. The van der Waals surface area contributed by atoms with Gasteiger partial charge in [-0.2, -0.15) is 0 Å². The number of rotatable bonds is 5. The Labute approximate surface area is 108 Å². The monoisotopic (exact) mass is 257 g/mol. The summed E-state index contributed by atoms with van der Waals surface area (Å²) in [7, 11) is 0. The standard InChI is InChI=1S/C12H23N3O3/c13-11(12(16)17)2-4-14-3-1-10(9-14)15-5-7-18-8-6-15/h10-11H,1-9,13H2,(H,16,17). The maximum atomic E-state index is 10.7. The van der Waals surface area contributed by atoms with Gasteiger partial charge >= 0.3 is 5.97 Å². The molecular weight excluding hydrogens is 234 g/mol. The van der Waals surface area contributed by atoms with Gasteiger partial charge in [0, 0.05) is 32.2 Å². The third kappa shape index (κ3) is 3.65. The normalized spacial score (nSPS) is 28.4. The highest BCUT2D eigenvalue weighted by molar-refractivity contribution is 5.72. The molecule has 0 amide bonds. The number of likely N-dealkylation sites (tertiary alicyclic amines) is 1. The van der Waals surface area contributed by atoms with Crippen LogP contribution in [0.2, 0.25) is 0 Å². The van der Waals surface area contributed by atoms with Gasteiger partial charge in [0.1, 0.15) is 6.04 Å². The summed E-state index contributed by atoms with van der Waals surface area (Å²) in [6.07, 6.45) is 1.70. The molecule has 6 nitrogen and oxygen atoms in total. The number of ether oxygens (including phenoxy) is 1. The minimum atomic E-state index is -0.904. The molecule has 2 unspecified atom stereocenters. The Morgan fingerprint density at radius 3 is 2.78 bits per heavy atom. The van der Waals surface area contributed by atoms with Crippen LogP contribution in [0.4, 0.5) is 0 Å². The van der Waals surface area contributed by atoms with Crippen LogP contribution in [-0.4, -0.2) is 78.9 Å². The molecule has 0 saturated carbocycles. The summed E-state index contributed by atoms with van der Waals surface area (Å²) in [5, 5.41) is 8.75. The molecule has 2 rings (SSSR count). The Morgan fingerprint density at radius 2 is 2.11 bits per heavy atom. The second-order valence-electron chi connectivity index (χ2n) is 5.12. The number of carboxylic acids is 1. The zero-order valence-electron chi connectivity index (χ0n) is 10.8. The van der Waals surface area contributed by atoms with E-state index in [9.17, 15) is 4.79 Å². The van der Waals surface area contributed by atoms with Crippen LogP contribution < -0.4 is 5.73 Å². The second-order valence-corrected chi connectivity index (χ2v) is 5.12. The smallest absolute Gasteiger partial charge is 0.320 e. The van der Waals surface area contributed by atoms with Crippen molar-refractivity contribution in [3.05, 3.63) is 0 Å². The van der Waals surface area contributed by atoms with Crippen molar-refractivity contribution in [2.75, 3.05) is 45.9 Å². The van der Waals surface area contributed by atoms with E-state index < -0.39 is 12.0 Å². The van der Waals surface area contributed by atoms with Gasteiger partial charge in [-0.3, -0.25) is 9.69 Å². The average molecular weight is 257 g/mol. The number of carbonyl (C=O) groups is 1.